The fraction of sp³-hybridized carbons (Fsp3) is 0.650. The highest BCUT2D eigenvalue weighted by atomic mass is 32.2. The van der Waals surface area contributed by atoms with Crippen LogP contribution in [-0.4, -0.2) is 33.7 Å². The molecule has 0 radical (unpaired) electrons. The number of hydrogen-bond donors (Lipinski definition) is 2. The van der Waals surface area contributed by atoms with Crippen molar-refractivity contribution in [3.8, 4) is 0 Å². The number of nitrogens with zero attached hydrogens (tertiary/aromatic N) is 1. The molecule has 1 aliphatic rings. The van der Waals surface area contributed by atoms with E-state index in [9.17, 15) is 8.42 Å². The molecule has 1 aromatic rings. The van der Waals surface area contributed by atoms with Gasteiger partial charge in [-0.3, -0.25) is 0 Å². The first kappa shape index (κ1) is 20.7. The maximum absolute atomic E-state index is 11.3. The second-order valence-corrected chi connectivity index (χ2v) is 9.44. The molecule has 6 heteroatoms. The Kier molecular flexibility index (Phi) is 8.42. The zero-order chi connectivity index (χ0) is 18.8. The molecule has 0 heterocycles. The van der Waals surface area contributed by atoms with Gasteiger partial charge in [0.1, 0.15) is 0 Å². The summed E-state index contributed by atoms with van der Waals surface area (Å²) in [6.07, 6.45) is 9.39. The summed E-state index contributed by atoms with van der Waals surface area (Å²) >= 11 is 0. The number of hydrogen-bond acceptors (Lipinski definition) is 3. The molecule has 0 bridgehead atoms. The van der Waals surface area contributed by atoms with Crippen LogP contribution in [-0.2, 0) is 22.1 Å². The van der Waals surface area contributed by atoms with Crippen molar-refractivity contribution in [2.75, 3.05) is 19.3 Å². The molecule has 0 aromatic heterocycles. The van der Waals surface area contributed by atoms with Crippen LogP contribution in [0.5, 0.6) is 0 Å². The molecule has 0 unspecified atom stereocenters. The molecule has 0 amide bonds. The SMILES string of the molecule is CCNC(=NCc1ccc(CS(C)(=O)=O)cc1)NCCCC1CCCC1. The Morgan fingerprint density at radius 3 is 2.38 bits per heavy atom. The van der Waals surface area contributed by atoms with Crippen LogP contribution in [0.2, 0.25) is 0 Å². The average molecular weight is 380 g/mol. The van der Waals surface area contributed by atoms with E-state index in [1.807, 2.05) is 24.3 Å². The van der Waals surface area contributed by atoms with Crippen molar-refractivity contribution in [2.24, 2.45) is 10.9 Å². The van der Waals surface area contributed by atoms with Gasteiger partial charge < -0.3 is 10.6 Å². The van der Waals surface area contributed by atoms with Gasteiger partial charge in [0, 0.05) is 19.3 Å². The largest absolute Gasteiger partial charge is 0.357 e. The van der Waals surface area contributed by atoms with Crippen LogP contribution in [0, 0.1) is 5.92 Å². The third kappa shape index (κ3) is 8.21. The molecule has 2 N–H and O–H groups in total. The highest BCUT2D eigenvalue weighted by Gasteiger charge is 2.14. The van der Waals surface area contributed by atoms with E-state index in [2.05, 4.69) is 22.5 Å². The molecule has 26 heavy (non-hydrogen) atoms. The zero-order valence-electron chi connectivity index (χ0n) is 16.1. The van der Waals surface area contributed by atoms with Crippen molar-refractivity contribution in [2.45, 2.75) is 57.7 Å². The van der Waals surface area contributed by atoms with Crippen molar-refractivity contribution in [3.63, 3.8) is 0 Å². The van der Waals surface area contributed by atoms with Gasteiger partial charge in [-0.25, -0.2) is 13.4 Å². The van der Waals surface area contributed by atoms with E-state index >= 15 is 0 Å². The molecule has 146 valence electrons. The molecule has 0 spiro atoms. The van der Waals surface area contributed by atoms with E-state index in [0.29, 0.717) is 6.54 Å². The van der Waals surface area contributed by atoms with Crippen LogP contribution in [0.1, 0.15) is 56.6 Å². The highest BCUT2D eigenvalue weighted by molar-refractivity contribution is 7.89. The summed E-state index contributed by atoms with van der Waals surface area (Å²) in [5.74, 6) is 1.86. The summed E-state index contributed by atoms with van der Waals surface area (Å²) in [6.45, 7) is 4.43. The van der Waals surface area contributed by atoms with Gasteiger partial charge in [0.15, 0.2) is 15.8 Å². The molecule has 2 rings (SSSR count). The zero-order valence-corrected chi connectivity index (χ0v) is 16.9. The standard InChI is InChI=1S/C20H33N3O2S/c1-3-21-20(22-14-6-9-17-7-4-5-8-17)23-15-18-10-12-19(13-11-18)16-26(2,24)25/h10-13,17H,3-9,14-16H2,1-2H3,(H2,21,22,23). The maximum Gasteiger partial charge on any atom is 0.191 e. The van der Waals surface area contributed by atoms with E-state index < -0.39 is 9.84 Å². The summed E-state index contributed by atoms with van der Waals surface area (Å²) in [5, 5.41) is 6.70. The summed E-state index contributed by atoms with van der Waals surface area (Å²) in [4.78, 5) is 4.63. The van der Waals surface area contributed by atoms with Gasteiger partial charge >= 0.3 is 0 Å². The van der Waals surface area contributed by atoms with Crippen LogP contribution in [0.15, 0.2) is 29.3 Å². The van der Waals surface area contributed by atoms with Crippen molar-refractivity contribution in [1.82, 2.24) is 10.6 Å². The molecule has 0 atom stereocenters. The van der Waals surface area contributed by atoms with Crippen LogP contribution < -0.4 is 10.6 Å². The number of aliphatic imine (C=N–C) groups is 1. The minimum atomic E-state index is -2.99. The highest BCUT2D eigenvalue weighted by Crippen LogP contribution is 2.28. The van der Waals surface area contributed by atoms with Crippen LogP contribution in [0.25, 0.3) is 0 Å². The van der Waals surface area contributed by atoms with Crippen molar-refractivity contribution >= 4 is 15.8 Å². The van der Waals surface area contributed by atoms with E-state index in [0.717, 1.165) is 36.1 Å². The predicted molar refractivity (Wildman–Crippen MR) is 109 cm³/mol. The summed E-state index contributed by atoms with van der Waals surface area (Å²) in [5.41, 5.74) is 1.89. The maximum atomic E-state index is 11.3. The topological polar surface area (TPSA) is 70.6 Å². The quantitative estimate of drug-likeness (QED) is 0.392. The number of benzene rings is 1. The molecule has 0 saturated heterocycles. The second kappa shape index (κ2) is 10.6. The van der Waals surface area contributed by atoms with Gasteiger partial charge in [-0.15, -0.1) is 0 Å². The van der Waals surface area contributed by atoms with Crippen molar-refractivity contribution in [3.05, 3.63) is 35.4 Å². The lowest BCUT2D eigenvalue weighted by Crippen LogP contribution is -2.37. The van der Waals surface area contributed by atoms with Crippen LogP contribution in [0.4, 0.5) is 0 Å². The normalized spacial score (nSPS) is 16.0. The van der Waals surface area contributed by atoms with Gasteiger partial charge in [-0.2, -0.15) is 0 Å². The lowest BCUT2D eigenvalue weighted by atomic mass is 10.0. The van der Waals surface area contributed by atoms with E-state index in [1.54, 1.807) is 0 Å². The first-order chi connectivity index (χ1) is 12.5. The third-order valence-corrected chi connectivity index (χ3v) is 5.63. The summed E-state index contributed by atoms with van der Waals surface area (Å²) < 4.78 is 22.7. The number of sulfone groups is 1. The van der Waals surface area contributed by atoms with E-state index in [4.69, 9.17) is 0 Å². The summed E-state index contributed by atoms with van der Waals surface area (Å²) in [6, 6.07) is 7.64. The van der Waals surface area contributed by atoms with Gasteiger partial charge in [0.25, 0.3) is 0 Å². The Bertz CT molecular complexity index is 663. The molecular formula is C20H33N3O2S. The molecule has 1 fully saturated rings. The Balaban J connectivity index is 1.79. The molecular weight excluding hydrogens is 346 g/mol. The monoisotopic (exact) mass is 379 g/mol. The first-order valence-electron chi connectivity index (χ1n) is 9.74. The van der Waals surface area contributed by atoms with Crippen LogP contribution >= 0.6 is 0 Å². The Morgan fingerprint density at radius 2 is 1.77 bits per heavy atom. The van der Waals surface area contributed by atoms with Crippen molar-refractivity contribution in [1.29, 1.82) is 0 Å². The minimum absolute atomic E-state index is 0.0851. The minimum Gasteiger partial charge on any atom is -0.357 e. The van der Waals surface area contributed by atoms with Gasteiger partial charge in [-0.1, -0.05) is 49.9 Å². The lowest BCUT2D eigenvalue weighted by molar-refractivity contribution is 0.481. The fourth-order valence-corrected chi connectivity index (χ4v) is 4.25. The Morgan fingerprint density at radius 1 is 1.12 bits per heavy atom. The molecule has 1 aliphatic carbocycles. The number of guanidine groups is 1. The third-order valence-electron chi connectivity index (χ3n) is 4.77. The Labute approximate surface area is 158 Å². The first-order valence-corrected chi connectivity index (χ1v) is 11.8. The number of rotatable bonds is 9. The smallest absolute Gasteiger partial charge is 0.191 e. The summed E-state index contributed by atoms with van der Waals surface area (Å²) in [7, 11) is -2.99. The average Bonchev–Trinajstić information content (AvgIpc) is 3.10. The Hall–Kier alpha value is -1.56. The van der Waals surface area contributed by atoms with Crippen LogP contribution in [0.3, 0.4) is 0 Å². The molecule has 0 aliphatic heterocycles. The van der Waals surface area contributed by atoms with Crippen molar-refractivity contribution < 1.29 is 8.42 Å². The molecule has 1 saturated carbocycles. The van der Waals surface area contributed by atoms with E-state index in [-0.39, 0.29) is 5.75 Å². The predicted octanol–water partition coefficient (Wildman–Crippen LogP) is 3.26. The van der Waals surface area contributed by atoms with Gasteiger partial charge in [0.2, 0.25) is 0 Å². The fourth-order valence-electron chi connectivity index (χ4n) is 3.45. The molecule has 5 nitrogen and oxygen atoms in total. The number of nitrogens with one attached hydrogen (secondary N) is 2. The lowest BCUT2D eigenvalue weighted by Gasteiger charge is -2.13. The van der Waals surface area contributed by atoms with Gasteiger partial charge in [0.05, 0.1) is 12.3 Å². The van der Waals surface area contributed by atoms with Gasteiger partial charge in [-0.05, 0) is 36.8 Å². The second-order valence-electron chi connectivity index (χ2n) is 7.30. The van der Waals surface area contributed by atoms with E-state index in [1.165, 1.54) is 44.8 Å². The molecule has 1 aromatic carbocycles.